The number of nitrogens with zero attached hydrogens (tertiary/aromatic N) is 2. The van der Waals surface area contributed by atoms with E-state index < -0.39 is 0 Å². The lowest BCUT2D eigenvalue weighted by Gasteiger charge is -2.08. The van der Waals surface area contributed by atoms with Gasteiger partial charge in [0.2, 0.25) is 0 Å². The fraction of sp³-hybridized carbons (Fsp3) is 0.154. The molecule has 2 heterocycles. The van der Waals surface area contributed by atoms with E-state index in [4.69, 9.17) is 34.7 Å². The number of nitrogens with two attached hydrogens (primary N) is 2. The van der Waals surface area contributed by atoms with Gasteiger partial charge in [-0.2, -0.15) is 0 Å². The molecule has 0 radical (unpaired) electrons. The Hall–Kier alpha value is -3.08. The molecule has 0 saturated heterocycles. The molecule has 0 atom stereocenters. The van der Waals surface area contributed by atoms with Gasteiger partial charge in [0.1, 0.15) is 11.6 Å². The molecule has 4 nitrogen and oxygen atoms in total. The number of hydrogen-bond acceptors (Lipinski definition) is 4. The fourth-order valence-corrected chi connectivity index (χ4v) is 3.63. The van der Waals surface area contributed by atoms with Crippen LogP contribution >= 0.6 is 23.2 Å². The molecule has 0 saturated carbocycles. The number of rotatable bonds is 4. The lowest BCUT2D eigenvalue weighted by molar-refractivity contribution is 1.04. The van der Waals surface area contributed by atoms with Gasteiger partial charge in [-0.25, -0.2) is 9.97 Å². The zero-order valence-electron chi connectivity index (χ0n) is 18.1. The highest BCUT2D eigenvalue weighted by Crippen LogP contribution is 2.26. The minimum atomic E-state index is 0.564. The standard InChI is InChI=1S/2C13H13ClN2/c1-2-9-7-13(15)16-8-12(9)10-3-5-11(14)6-4-10;1-2-12-11(7-8-13(15)16-12)9-3-5-10(14)6-4-9/h2*3-8H,2H2,1H3,(H2,15,16). The molecule has 164 valence electrons. The van der Waals surface area contributed by atoms with Gasteiger partial charge in [0.05, 0.1) is 5.69 Å². The van der Waals surface area contributed by atoms with E-state index in [-0.39, 0.29) is 0 Å². The Balaban J connectivity index is 0.000000181. The van der Waals surface area contributed by atoms with Gasteiger partial charge in [-0.05, 0) is 72.0 Å². The highest BCUT2D eigenvalue weighted by atomic mass is 35.5. The quantitative estimate of drug-likeness (QED) is 0.337. The summed E-state index contributed by atoms with van der Waals surface area (Å²) in [4.78, 5) is 8.47. The molecule has 4 aromatic rings. The number of halogens is 2. The van der Waals surface area contributed by atoms with Crippen molar-refractivity contribution in [2.24, 2.45) is 0 Å². The van der Waals surface area contributed by atoms with Gasteiger partial charge in [-0.3, -0.25) is 0 Å². The van der Waals surface area contributed by atoms with E-state index in [0.29, 0.717) is 11.6 Å². The minimum absolute atomic E-state index is 0.564. The number of pyridine rings is 2. The maximum absolute atomic E-state index is 5.86. The molecule has 32 heavy (non-hydrogen) atoms. The molecule has 0 fully saturated rings. The monoisotopic (exact) mass is 464 g/mol. The van der Waals surface area contributed by atoms with E-state index in [9.17, 15) is 0 Å². The van der Waals surface area contributed by atoms with Crippen molar-refractivity contribution < 1.29 is 0 Å². The Kier molecular flexibility index (Phi) is 8.09. The van der Waals surface area contributed by atoms with Crippen molar-refractivity contribution in [3.05, 3.63) is 94.2 Å². The average molecular weight is 465 g/mol. The molecule has 0 unspecified atom stereocenters. The van der Waals surface area contributed by atoms with Crippen molar-refractivity contribution in [1.82, 2.24) is 9.97 Å². The second kappa shape index (κ2) is 11.0. The van der Waals surface area contributed by atoms with E-state index in [2.05, 4.69) is 23.8 Å². The van der Waals surface area contributed by atoms with Gasteiger partial charge in [0, 0.05) is 27.4 Å². The molecule has 2 aromatic carbocycles. The van der Waals surface area contributed by atoms with Crippen molar-refractivity contribution in [2.45, 2.75) is 26.7 Å². The first-order valence-electron chi connectivity index (χ1n) is 10.4. The van der Waals surface area contributed by atoms with Gasteiger partial charge in [-0.1, -0.05) is 61.3 Å². The molecule has 6 heteroatoms. The summed E-state index contributed by atoms with van der Waals surface area (Å²) >= 11 is 11.7. The lowest BCUT2D eigenvalue weighted by atomic mass is 10.0. The summed E-state index contributed by atoms with van der Waals surface area (Å²) < 4.78 is 0. The van der Waals surface area contributed by atoms with Gasteiger partial charge in [0.15, 0.2) is 0 Å². The van der Waals surface area contributed by atoms with E-state index >= 15 is 0 Å². The van der Waals surface area contributed by atoms with Crippen LogP contribution < -0.4 is 11.5 Å². The molecule has 0 bridgehead atoms. The molecule has 0 aliphatic carbocycles. The van der Waals surface area contributed by atoms with Crippen LogP contribution in [0, 0.1) is 0 Å². The van der Waals surface area contributed by atoms with Crippen LogP contribution in [0.15, 0.2) is 72.9 Å². The third-order valence-electron chi connectivity index (χ3n) is 5.03. The summed E-state index contributed by atoms with van der Waals surface area (Å²) in [6, 6.07) is 21.3. The molecule has 2 aromatic heterocycles. The van der Waals surface area contributed by atoms with Gasteiger partial charge < -0.3 is 11.5 Å². The zero-order valence-corrected chi connectivity index (χ0v) is 19.7. The molecule has 0 amide bonds. The number of aromatic nitrogens is 2. The smallest absolute Gasteiger partial charge is 0.123 e. The van der Waals surface area contributed by atoms with E-state index in [1.54, 1.807) is 0 Å². The normalized spacial score (nSPS) is 10.4. The van der Waals surface area contributed by atoms with Crippen molar-refractivity contribution in [3.8, 4) is 22.3 Å². The summed E-state index contributed by atoms with van der Waals surface area (Å²) in [7, 11) is 0. The summed E-state index contributed by atoms with van der Waals surface area (Å²) in [6.07, 6.45) is 3.62. The Labute approximate surface area is 199 Å². The van der Waals surface area contributed by atoms with Gasteiger partial charge in [-0.15, -0.1) is 0 Å². The van der Waals surface area contributed by atoms with Crippen LogP contribution in [0.1, 0.15) is 25.1 Å². The van der Waals surface area contributed by atoms with Crippen molar-refractivity contribution in [1.29, 1.82) is 0 Å². The maximum Gasteiger partial charge on any atom is 0.123 e. The Bertz CT molecular complexity index is 1080. The molecule has 0 aliphatic heterocycles. The van der Waals surface area contributed by atoms with Crippen LogP contribution in [0.5, 0.6) is 0 Å². The Morgan fingerprint density at radius 2 is 1.25 bits per heavy atom. The number of hydrogen-bond donors (Lipinski definition) is 2. The highest BCUT2D eigenvalue weighted by molar-refractivity contribution is 6.30. The second-order valence-electron chi connectivity index (χ2n) is 7.22. The van der Waals surface area contributed by atoms with Gasteiger partial charge >= 0.3 is 0 Å². The van der Waals surface area contributed by atoms with Crippen LogP contribution in [-0.4, -0.2) is 9.97 Å². The van der Waals surface area contributed by atoms with Crippen LogP contribution in [-0.2, 0) is 12.8 Å². The molecule has 4 rings (SSSR count). The van der Waals surface area contributed by atoms with E-state index in [1.807, 2.05) is 72.9 Å². The third kappa shape index (κ3) is 6.00. The van der Waals surface area contributed by atoms with E-state index in [0.717, 1.165) is 50.8 Å². The summed E-state index contributed by atoms with van der Waals surface area (Å²) in [5.74, 6) is 1.13. The van der Waals surface area contributed by atoms with Crippen LogP contribution in [0.25, 0.3) is 22.3 Å². The largest absolute Gasteiger partial charge is 0.384 e. The maximum atomic E-state index is 5.86. The van der Waals surface area contributed by atoms with E-state index in [1.165, 1.54) is 5.56 Å². The second-order valence-corrected chi connectivity index (χ2v) is 8.09. The summed E-state index contributed by atoms with van der Waals surface area (Å²) in [5.41, 5.74) is 18.0. The first-order valence-corrected chi connectivity index (χ1v) is 11.2. The SMILES string of the molecule is CCc1cc(N)ncc1-c1ccc(Cl)cc1.CCc1nc(N)ccc1-c1ccc(Cl)cc1. The lowest BCUT2D eigenvalue weighted by Crippen LogP contribution is -1.97. The highest BCUT2D eigenvalue weighted by Gasteiger charge is 2.06. The third-order valence-corrected chi connectivity index (χ3v) is 5.54. The predicted molar refractivity (Wildman–Crippen MR) is 137 cm³/mol. The molecule has 0 aliphatic rings. The van der Waals surface area contributed by atoms with Crippen molar-refractivity contribution >= 4 is 34.8 Å². The topological polar surface area (TPSA) is 77.8 Å². The van der Waals surface area contributed by atoms with Crippen LogP contribution in [0.4, 0.5) is 11.6 Å². The number of anilines is 2. The summed E-state index contributed by atoms with van der Waals surface area (Å²) in [5, 5.41) is 1.48. The predicted octanol–water partition coefficient (Wildman–Crippen LogP) is 7.09. The molecule has 4 N–H and O–H groups in total. The Morgan fingerprint density at radius 1 is 0.688 bits per heavy atom. The number of nitrogen functional groups attached to an aromatic ring is 2. The average Bonchev–Trinajstić information content (AvgIpc) is 2.80. The minimum Gasteiger partial charge on any atom is -0.384 e. The molecular formula is C26H26Cl2N4. The molecule has 0 spiro atoms. The van der Waals surface area contributed by atoms with Crippen LogP contribution in [0.2, 0.25) is 10.0 Å². The first-order chi connectivity index (χ1) is 15.4. The molecular weight excluding hydrogens is 439 g/mol. The van der Waals surface area contributed by atoms with Crippen molar-refractivity contribution in [2.75, 3.05) is 11.5 Å². The Morgan fingerprint density at radius 3 is 1.78 bits per heavy atom. The van der Waals surface area contributed by atoms with Crippen LogP contribution in [0.3, 0.4) is 0 Å². The van der Waals surface area contributed by atoms with Gasteiger partial charge in [0.25, 0.3) is 0 Å². The van der Waals surface area contributed by atoms with Crippen molar-refractivity contribution in [3.63, 3.8) is 0 Å². The zero-order chi connectivity index (χ0) is 23.1. The first kappa shape index (κ1) is 23.6. The fourth-order valence-electron chi connectivity index (χ4n) is 3.38. The summed E-state index contributed by atoms with van der Waals surface area (Å²) in [6.45, 7) is 4.18. The number of benzene rings is 2. The number of aryl methyl sites for hydroxylation is 2.